The van der Waals surface area contributed by atoms with E-state index in [0.29, 0.717) is 36.7 Å². The van der Waals surface area contributed by atoms with E-state index in [9.17, 15) is 14.4 Å². The molecular weight excluding hydrogens is 506 g/mol. The highest BCUT2D eigenvalue weighted by Crippen LogP contribution is 2.34. The number of hydrogen-bond acceptors (Lipinski definition) is 8. The van der Waals surface area contributed by atoms with E-state index < -0.39 is 5.91 Å². The lowest BCUT2D eigenvalue weighted by Crippen LogP contribution is -2.39. The molecule has 0 spiro atoms. The molecule has 2 aliphatic rings. The molecule has 10 nitrogen and oxygen atoms in total. The van der Waals surface area contributed by atoms with Gasteiger partial charge in [0.1, 0.15) is 0 Å². The lowest BCUT2D eigenvalue weighted by Gasteiger charge is -2.31. The number of ether oxygens (including phenoxy) is 2. The molecule has 1 aromatic heterocycles. The maximum absolute atomic E-state index is 13.0. The van der Waals surface area contributed by atoms with Gasteiger partial charge in [-0.1, -0.05) is 41.2 Å². The maximum Gasteiger partial charge on any atom is 0.286 e. The van der Waals surface area contributed by atoms with Crippen molar-refractivity contribution in [2.24, 2.45) is 5.92 Å². The van der Waals surface area contributed by atoms with Gasteiger partial charge in [-0.25, -0.2) is 0 Å². The van der Waals surface area contributed by atoms with Crippen LogP contribution in [0.1, 0.15) is 63.0 Å². The number of carbonyl (C=O) groups excluding carboxylic acids is 3. The van der Waals surface area contributed by atoms with Gasteiger partial charge in [0, 0.05) is 31.3 Å². The fraction of sp³-hybridized carbons (Fsp3) is 0.370. The first-order valence-electron chi connectivity index (χ1n) is 12.6. The Morgan fingerprint density at radius 1 is 1.03 bits per heavy atom. The summed E-state index contributed by atoms with van der Waals surface area (Å²) in [6, 6.07) is 13.2. The van der Waals surface area contributed by atoms with E-state index in [-0.39, 0.29) is 40.6 Å². The van der Waals surface area contributed by atoms with E-state index in [1.807, 2.05) is 38.1 Å². The summed E-state index contributed by atoms with van der Waals surface area (Å²) in [6.07, 6.45) is 1.89. The smallest absolute Gasteiger partial charge is 0.286 e. The van der Waals surface area contributed by atoms with Crippen LogP contribution in [0, 0.1) is 12.8 Å². The first-order valence-corrected chi connectivity index (χ1v) is 13.4. The van der Waals surface area contributed by atoms with Crippen LogP contribution in [-0.2, 0) is 4.79 Å². The third kappa shape index (κ3) is 5.94. The molecule has 1 atom stereocenters. The zero-order valence-corrected chi connectivity index (χ0v) is 22.0. The van der Waals surface area contributed by atoms with Crippen molar-refractivity contribution in [2.45, 2.75) is 39.2 Å². The summed E-state index contributed by atoms with van der Waals surface area (Å²) in [7, 11) is 0. The summed E-state index contributed by atoms with van der Waals surface area (Å²) >= 11 is 0.959. The number of amides is 3. The van der Waals surface area contributed by atoms with E-state index in [1.54, 1.807) is 23.1 Å². The van der Waals surface area contributed by atoms with Crippen LogP contribution in [0.25, 0.3) is 0 Å². The largest absolute Gasteiger partial charge is 0.454 e. The molecule has 5 rings (SSSR count). The molecule has 0 saturated carbocycles. The standard InChI is InChI=1S/C27H29N5O5S/c1-16-3-5-19(6-4-16)17(2)28-23(33)13-18-9-11-32(12-10-18)27(35)26-31-30-25(38-26)24(34)29-20-7-8-21-22(14-20)37-15-36-21/h3-8,14,17-18H,9-13,15H2,1-2H3,(H,28,33)(H,29,34)/t17-/m0/s1. The summed E-state index contributed by atoms with van der Waals surface area (Å²) in [4.78, 5) is 39.9. The number of fused-ring (bicyclic) bond motifs is 1. The van der Waals surface area contributed by atoms with Crippen molar-refractivity contribution in [3.05, 3.63) is 63.6 Å². The van der Waals surface area contributed by atoms with Gasteiger partial charge in [-0.15, -0.1) is 10.2 Å². The van der Waals surface area contributed by atoms with Gasteiger partial charge in [0.25, 0.3) is 11.8 Å². The SMILES string of the molecule is Cc1ccc([C@H](C)NC(=O)CC2CCN(C(=O)c3nnc(C(=O)Nc4ccc5c(c4)OCO5)s3)CC2)cc1. The van der Waals surface area contributed by atoms with E-state index in [4.69, 9.17) is 9.47 Å². The molecule has 0 bridgehead atoms. The number of carbonyl (C=O) groups is 3. The number of benzene rings is 2. The van der Waals surface area contributed by atoms with E-state index >= 15 is 0 Å². The molecule has 2 N–H and O–H groups in total. The Morgan fingerprint density at radius 2 is 1.74 bits per heavy atom. The number of rotatable bonds is 7. The molecule has 1 fully saturated rings. The molecule has 1 saturated heterocycles. The quantitative estimate of drug-likeness (QED) is 0.470. The van der Waals surface area contributed by atoms with Crippen LogP contribution < -0.4 is 20.1 Å². The van der Waals surface area contributed by atoms with Crippen molar-refractivity contribution in [2.75, 3.05) is 25.2 Å². The highest BCUT2D eigenvalue weighted by molar-refractivity contribution is 7.15. The van der Waals surface area contributed by atoms with Crippen molar-refractivity contribution < 1.29 is 23.9 Å². The Morgan fingerprint density at radius 3 is 2.50 bits per heavy atom. The summed E-state index contributed by atoms with van der Waals surface area (Å²) in [6.45, 7) is 5.22. The highest BCUT2D eigenvalue weighted by atomic mass is 32.1. The van der Waals surface area contributed by atoms with Gasteiger partial charge in [0.05, 0.1) is 6.04 Å². The van der Waals surface area contributed by atoms with Crippen LogP contribution in [0.5, 0.6) is 11.5 Å². The molecule has 3 heterocycles. The van der Waals surface area contributed by atoms with Crippen molar-refractivity contribution in [1.29, 1.82) is 0 Å². The van der Waals surface area contributed by atoms with E-state index in [2.05, 4.69) is 20.8 Å². The Kier molecular flexibility index (Phi) is 7.54. The zero-order chi connectivity index (χ0) is 26.6. The second-order valence-electron chi connectivity index (χ2n) is 9.57. The molecule has 38 heavy (non-hydrogen) atoms. The van der Waals surface area contributed by atoms with E-state index in [1.165, 1.54) is 5.56 Å². The van der Waals surface area contributed by atoms with Crippen molar-refractivity contribution in [3.63, 3.8) is 0 Å². The number of hydrogen-bond donors (Lipinski definition) is 2. The Hall–Kier alpha value is -3.99. The molecule has 198 valence electrons. The average Bonchev–Trinajstić information content (AvgIpc) is 3.59. The van der Waals surface area contributed by atoms with Crippen LogP contribution in [-0.4, -0.2) is 52.7 Å². The lowest BCUT2D eigenvalue weighted by molar-refractivity contribution is -0.122. The Bertz CT molecular complexity index is 1330. The second kappa shape index (κ2) is 11.2. The number of nitrogens with zero attached hydrogens (tertiary/aromatic N) is 3. The minimum atomic E-state index is -0.454. The van der Waals surface area contributed by atoms with Crippen LogP contribution in [0.4, 0.5) is 5.69 Å². The van der Waals surface area contributed by atoms with Gasteiger partial charge in [-0.3, -0.25) is 14.4 Å². The normalized spacial score (nSPS) is 15.7. The second-order valence-corrected chi connectivity index (χ2v) is 10.6. The number of likely N-dealkylation sites (tertiary alicyclic amines) is 1. The molecule has 2 aromatic carbocycles. The van der Waals surface area contributed by atoms with Crippen molar-refractivity contribution >= 4 is 34.7 Å². The van der Waals surface area contributed by atoms with Crippen LogP contribution in [0.3, 0.4) is 0 Å². The van der Waals surface area contributed by atoms with Crippen LogP contribution in [0.2, 0.25) is 0 Å². The Balaban J connectivity index is 1.09. The summed E-state index contributed by atoms with van der Waals surface area (Å²) in [5.41, 5.74) is 2.79. The molecule has 11 heteroatoms. The van der Waals surface area contributed by atoms with Gasteiger partial charge < -0.3 is 25.0 Å². The highest BCUT2D eigenvalue weighted by Gasteiger charge is 2.28. The Labute approximate surface area is 224 Å². The first-order chi connectivity index (χ1) is 18.4. The minimum Gasteiger partial charge on any atom is -0.454 e. The maximum atomic E-state index is 13.0. The monoisotopic (exact) mass is 535 g/mol. The molecule has 2 aliphatic heterocycles. The molecule has 3 amide bonds. The average molecular weight is 536 g/mol. The predicted octanol–water partition coefficient (Wildman–Crippen LogP) is 3.95. The van der Waals surface area contributed by atoms with Gasteiger partial charge in [-0.05, 0) is 50.3 Å². The number of aryl methyl sites for hydroxylation is 1. The number of anilines is 1. The van der Waals surface area contributed by atoms with Gasteiger partial charge >= 0.3 is 0 Å². The van der Waals surface area contributed by atoms with Gasteiger partial charge in [0.15, 0.2) is 11.5 Å². The number of nitrogens with one attached hydrogen (secondary N) is 2. The molecule has 0 aliphatic carbocycles. The fourth-order valence-corrected chi connectivity index (χ4v) is 5.24. The number of aromatic nitrogens is 2. The first kappa shape index (κ1) is 25.7. The minimum absolute atomic E-state index is 0.0186. The summed E-state index contributed by atoms with van der Waals surface area (Å²) < 4.78 is 10.6. The third-order valence-electron chi connectivity index (χ3n) is 6.76. The molecule has 0 radical (unpaired) electrons. The topological polar surface area (TPSA) is 123 Å². The summed E-state index contributed by atoms with van der Waals surface area (Å²) in [5.74, 6) is 0.697. The lowest BCUT2D eigenvalue weighted by atomic mass is 9.93. The fourth-order valence-electron chi connectivity index (χ4n) is 4.54. The van der Waals surface area contributed by atoms with E-state index in [0.717, 1.165) is 29.7 Å². The zero-order valence-electron chi connectivity index (χ0n) is 21.2. The van der Waals surface area contributed by atoms with Crippen LogP contribution >= 0.6 is 11.3 Å². The van der Waals surface area contributed by atoms with Gasteiger partial charge in [0.2, 0.25) is 22.7 Å². The van der Waals surface area contributed by atoms with Gasteiger partial charge in [-0.2, -0.15) is 0 Å². The predicted molar refractivity (Wildman–Crippen MR) is 141 cm³/mol. The summed E-state index contributed by atoms with van der Waals surface area (Å²) in [5, 5.41) is 14.0. The molecular formula is C27H29N5O5S. The number of piperidine rings is 1. The third-order valence-corrected chi connectivity index (χ3v) is 7.67. The van der Waals surface area contributed by atoms with Crippen molar-refractivity contribution in [3.8, 4) is 11.5 Å². The van der Waals surface area contributed by atoms with Crippen LogP contribution in [0.15, 0.2) is 42.5 Å². The molecule has 3 aromatic rings. The van der Waals surface area contributed by atoms with Crippen molar-refractivity contribution in [1.82, 2.24) is 20.4 Å². The molecule has 0 unspecified atom stereocenters.